The van der Waals surface area contributed by atoms with Crippen LogP contribution in [0.5, 0.6) is 0 Å². The number of hydrogen-bond acceptors (Lipinski definition) is 2. The van der Waals surface area contributed by atoms with Gasteiger partial charge in [0.05, 0.1) is 0 Å². The summed E-state index contributed by atoms with van der Waals surface area (Å²) >= 11 is 0. The molecule has 17 heavy (non-hydrogen) atoms. The molecule has 3 unspecified atom stereocenters. The van der Waals surface area contributed by atoms with E-state index in [9.17, 15) is 0 Å². The maximum Gasteiger partial charge on any atom is 0.0269 e. The minimum absolute atomic E-state index is 0.598. The molecular formula is C15H30N2. The summed E-state index contributed by atoms with van der Waals surface area (Å²) < 4.78 is 0. The second-order valence-electron chi connectivity index (χ2n) is 6.21. The maximum atomic E-state index is 5.90. The van der Waals surface area contributed by atoms with Crippen molar-refractivity contribution in [2.75, 3.05) is 0 Å². The first kappa shape index (κ1) is 13.4. The standard InChI is InChI=1S/C15H30N2/c1-2-12-8-6-7-11-14(12)15(17-16)13-9-4-3-5-10-13/h12-15,17H,2-11,16H2,1H3. The van der Waals surface area contributed by atoms with E-state index >= 15 is 0 Å². The zero-order valence-corrected chi connectivity index (χ0v) is 11.5. The fourth-order valence-corrected chi connectivity index (χ4v) is 4.32. The van der Waals surface area contributed by atoms with Crippen molar-refractivity contribution in [2.24, 2.45) is 23.6 Å². The first-order chi connectivity index (χ1) is 8.36. The van der Waals surface area contributed by atoms with Crippen molar-refractivity contribution in [2.45, 2.75) is 77.2 Å². The van der Waals surface area contributed by atoms with Crippen LogP contribution in [0.2, 0.25) is 0 Å². The smallest absolute Gasteiger partial charge is 0.0269 e. The van der Waals surface area contributed by atoms with E-state index in [2.05, 4.69) is 12.3 Å². The third kappa shape index (κ3) is 3.23. The van der Waals surface area contributed by atoms with Crippen molar-refractivity contribution in [3.8, 4) is 0 Å². The van der Waals surface area contributed by atoms with Crippen LogP contribution in [0, 0.1) is 17.8 Å². The normalized spacial score (nSPS) is 33.5. The van der Waals surface area contributed by atoms with Crippen LogP contribution < -0.4 is 11.3 Å². The van der Waals surface area contributed by atoms with Gasteiger partial charge in [-0.05, 0) is 37.0 Å². The van der Waals surface area contributed by atoms with Gasteiger partial charge in [0, 0.05) is 6.04 Å². The molecule has 0 heterocycles. The molecule has 0 amide bonds. The molecule has 0 radical (unpaired) electrons. The molecule has 0 spiro atoms. The Kier molecular flexibility index (Phi) is 5.30. The summed E-state index contributed by atoms with van der Waals surface area (Å²) in [6.45, 7) is 2.36. The molecule has 3 atom stereocenters. The summed E-state index contributed by atoms with van der Waals surface area (Å²) in [5.74, 6) is 8.53. The quantitative estimate of drug-likeness (QED) is 0.580. The first-order valence-corrected chi connectivity index (χ1v) is 7.83. The van der Waals surface area contributed by atoms with E-state index in [1.54, 1.807) is 0 Å². The van der Waals surface area contributed by atoms with Crippen LogP contribution in [0.15, 0.2) is 0 Å². The van der Waals surface area contributed by atoms with Gasteiger partial charge >= 0.3 is 0 Å². The summed E-state index contributed by atoms with van der Waals surface area (Å²) in [5, 5.41) is 0. The minimum atomic E-state index is 0.598. The zero-order chi connectivity index (χ0) is 12.1. The highest BCUT2D eigenvalue weighted by Gasteiger charge is 2.35. The Morgan fingerprint density at radius 3 is 2.29 bits per heavy atom. The highest BCUT2D eigenvalue weighted by molar-refractivity contribution is 4.88. The number of rotatable bonds is 4. The third-order valence-corrected chi connectivity index (χ3v) is 5.30. The SMILES string of the molecule is CCC1CCCCC1C(NN)C1CCCCC1. The second kappa shape index (κ2) is 6.75. The second-order valence-corrected chi connectivity index (χ2v) is 6.21. The Morgan fingerprint density at radius 1 is 1.00 bits per heavy atom. The van der Waals surface area contributed by atoms with Gasteiger partial charge in [-0.1, -0.05) is 51.9 Å². The highest BCUT2D eigenvalue weighted by Crippen LogP contribution is 2.39. The van der Waals surface area contributed by atoms with Gasteiger partial charge < -0.3 is 0 Å². The van der Waals surface area contributed by atoms with Gasteiger partial charge in [-0.25, -0.2) is 0 Å². The molecule has 0 saturated heterocycles. The molecule has 2 aliphatic rings. The summed E-state index contributed by atoms with van der Waals surface area (Å²) in [6, 6.07) is 0.598. The number of nitrogens with one attached hydrogen (secondary N) is 1. The molecule has 2 saturated carbocycles. The molecule has 0 aliphatic heterocycles. The van der Waals surface area contributed by atoms with E-state index in [0.717, 1.165) is 17.8 Å². The molecule has 2 fully saturated rings. The fraction of sp³-hybridized carbons (Fsp3) is 1.00. The van der Waals surface area contributed by atoms with Gasteiger partial charge in [0.15, 0.2) is 0 Å². The van der Waals surface area contributed by atoms with Gasteiger partial charge in [0.2, 0.25) is 0 Å². The summed E-state index contributed by atoms with van der Waals surface area (Å²) in [6.07, 6.45) is 14.1. The van der Waals surface area contributed by atoms with Crippen molar-refractivity contribution in [3.05, 3.63) is 0 Å². The van der Waals surface area contributed by atoms with Gasteiger partial charge in [0.25, 0.3) is 0 Å². The van der Waals surface area contributed by atoms with Gasteiger partial charge in [-0.3, -0.25) is 11.3 Å². The predicted molar refractivity (Wildman–Crippen MR) is 73.4 cm³/mol. The van der Waals surface area contributed by atoms with E-state index in [0.29, 0.717) is 6.04 Å². The first-order valence-electron chi connectivity index (χ1n) is 7.83. The van der Waals surface area contributed by atoms with Crippen molar-refractivity contribution in [1.82, 2.24) is 5.43 Å². The van der Waals surface area contributed by atoms with Crippen LogP contribution in [0.1, 0.15) is 71.1 Å². The third-order valence-electron chi connectivity index (χ3n) is 5.30. The van der Waals surface area contributed by atoms with Gasteiger partial charge in [-0.15, -0.1) is 0 Å². The van der Waals surface area contributed by atoms with Crippen LogP contribution in [0.3, 0.4) is 0 Å². The van der Waals surface area contributed by atoms with E-state index in [1.807, 2.05) is 0 Å². The lowest BCUT2D eigenvalue weighted by atomic mass is 9.68. The molecule has 0 bridgehead atoms. The summed E-state index contributed by atoms with van der Waals surface area (Å²) in [4.78, 5) is 0. The Labute approximate surface area is 107 Å². The minimum Gasteiger partial charge on any atom is -0.271 e. The van der Waals surface area contributed by atoms with Crippen molar-refractivity contribution >= 4 is 0 Å². The van der Waals surface area contributed by atoms with Crippen molar-refractivity contribution < 1.29 is 0 Å². The Balaban J connectivity index is 1.99. The van der Waals surface area contributed by atoms with Crippen LogP contribution in [-0.4, -0.2) is 6.04 Å². The Morgan fingerprint density at radius 2 is 1.65 bits per heavy atom. The molecule has 0 aromatic rings. The number of nitrogens with two attached hydrogens (primary N) is 1. The molecule has 2 aliphatic carbocycles. The summed E-state index contributed by atoms with van der Waals surface area (Å²) in [5.41, 5.74) is 3.21. The maximum absolute atomic E-state index is 5.90. The van der Waals surface area contributed by atoms with E-state index < -0.39 is 0 Å². The van der Waals surface area contributed by atoms with E-state index in [1.165, 1.54) is 64.2 Å². The molecule has 100 valence electrons. The molecular weight excluding hydrogens is 208 g/mol. The van der Waals surface area contributed by atoms with Crippen molar-refractivity contribution in [3.63, 3.8) is 0 Å². The molecule has 2 nitrogen and oxygen atoms in total. The molecule has 2 heteroatoms. The lowest BCUT2D eigenvalue weighted by molar-refractivity contribution is 0.119. The lowest BCUT2D eigenvalue weighted by Gasteiger charge is -2.41. The fourth-order valence-electron chi connectivity index (χ4n) is 4.32. The average Bonchev–Trinajstić information content (AvgIpc) is 2.41. The largest absolute Gasteiger partial charge is 0.271 e. The zero-order valence-electron chi connectivity index (χ0n) is 11.5. The topological polar surface area (TPSA) is 38.0 Å². The van der Waals surface area contributed by atoms with Crippen LogP contribution in [0.25, 0.3) is 0 Å². The molecule has 0 aromatic heterocycles. The van der Waals surface area contributed by atoms with Gasteiger partial charge in [-0.2, -0.15) is 0 Å². The highest BCUT2D eigenvalue weighted by atomic mass is 15.2. The number of hydrogen-bond donors (Lipinski definition) is 2. The van der Waals surface area contributed by atoms with Crippen molar-refractivity contribution in [1.29, 1.82) is 0 Å². The summed E-state index contributed by atoms with van der Waals surface area (Å²) in [7, 11) is 0. The average molecular weight is 238 g/mol. The predicted octanol–water partition coefficient (Wildman–Crippen LogP) is 3.62. The van der Waals surface area contributed by atoms with E-state index in [-0.39, 0.29) is 0 Å². The Hall–Kier alpha value is -0.0800. The Bertz CT molecular complexity index is 211. The molecule has 2 rings (SSSR count). The number of hydrazine groups is 1. The lowest BCUT2D eigenvalue weighted by Crippen LogP contribution is -2.49. The van der Waals surface area contributed by atoms with E-state index in [4.69, 9.17) is 5.84 Å². The monoisotopic (exact) mass is 238 g/mol. The van der Waals surface area contributed by atoms with Crippen LogP contribution in [0.4, 0.5) is 0 Å². The van der Waals surface area contributed by atoms with Crippen LogP contribution in [-0.2, 0) is 0 Å². The molecule has 0 aromatic carbocycles. The van der Waals surface area contributed by atoms with Gasteiger partial charge in [0.1, 0.15) is 0 Å². The van der Waals surface area contributed by atoms with Crippen LogP contribution >= 0.6 is 0 Å². The molecule has 3 N–H and O–H groups in total.